The second kappa shape index (κ2) is 4.43. The molecular formula is C10H10ClN2O3P. The number of nitrogens with one attached hydrogen (secondary N) is 2. The molecule has 0 spiro atoms. The average molecular weight is 273 g/mol. The Morgan fingerprint density at radius 3 is 2.47 bits per heavy atom. The molecule has 90 valence electrons. The van der Waals surface area contributed by atoms with Crippen molar-refractivity contribution in [2.75, 3.05) is 0 Å². The molecule has 1 aliphatic rings. The molecule has 7 heteroatoms. The van der Waals surface area contributed by atoms with Crippen LogP contribution in [0.1, 0.15) is 6.92 Å². The first-order chi connectivity index (χ1) is 7.97. The Hall–Kier alpha value is -1.45. The van der Waals surface area contributed by atoms with E-state index in [1.807, 2.05) is 0 Å². The van der Waals surface area contributed by atoms with Gasteiger partial charge in [0.05, 0.1) is 0 Å². The maximum absolute atomic E-state index is 12.2. The van der Waals surface area contributed by atoms with Crippen molar-refractivity contribution < 1.29 is 13.9 Å². The Morgan fingerprint density at radius 1 is 1.24 bits per heavy atom. The summed E-state index contributed by atoms with van der Waals surface area (Å²) in [5.74, 6) is -0.0845. The van der Waals surface area contributed by atoms with E-state index in [1.54, 1.807) is 31.2 Å². The third-order valence-electron chi connectivity index (χ3n) is 1.98. The molecule has 5 nitrogen and oxygen atoms in total. The maximum Gasteiger partial charge on any atom is 0.446 e. The van der Waals surface area contributed by atoms with Crippen molar-refractivity contribution in [1.29, 1.82) is 0 Å². The zero-order valence-corrected chi connectivity index (χ0v) is 10.6. The number of carbonyl (C=O) groups is 1. The van der Waals surface area contributed by atoms with E-state index in [2.05, 4.69) is 10.2 Å². The van der Waals surface area contributed by atoms with E-state index >= 15 is 0 Å². The zero-order valence-electron chi connectivity index (χ0n) is 8.94. The zero-order chi connectivity index (χ0) is 12.5. The molecule has 2 rings (SSSR count). The van der Waals surface area contributed by atoms with Crippen LogP contribution < -0.4 is 14.7 Å². The van der Waals surface area contributed by atoms with Gasteiger partial charge in [-0.05, 0) is 31.2 Å². The molecule has 1 aromatic rings. The van der Waals surface area contributed by atoms with Gasteiger partial charge in [0.15, 0.2) is 0 Å². The summed E-state index contributed by atoms with van der Waals surface area (Å²) in [4.78, 5) is 11.2. The SMILES string of the molecule is CC1=CC(=O)N[P@](=O)(Oc2ccc(Cl)cc2)N1. The molecule has 2 N–H and O–H groups in total. The topological polar surface area (TPSA) is 67.4 Å². The van der Waals surface area contributed by atoms with E-state index in [1.165, 1.54) is 6.08 Å². The van der Waals surface area contributed by atoms with Gasteiger partial charge >= 0.3 is 7.67 Å². The summed E-state index contributed by atoms with van der Waals surface area (Å²) < 4.78 is 17.4. The highest BCUT2D eigenvalue weighted by Gasteiger charge is 2.30. The molecule has 0 radical (unpaired) electrons. The first-order valence-electron chi connectivity index (χ1n) is 4.81. The Bertz CT molecular complexity index is 527. The fourth-order valence-electron chi connectivity index (χ4n) is 1.36. The van der Waals surface area contributed by atoms with Gasteiger partial charge in [-0.1, -0.05) is 11.6 Å². The lowest BCUT2D eigenvalue weighted by Gasteiger charge is -2.24. The second-order valence-corrected chi connectivity index (χ2v) is 5.68. The first kappa shape index (κ1) is 12.0. The molecule has 0 aliphatic carbocycles. The minimum atomic E-state index is -3.42. The van der Waals surface area contributed by atoms with Crippen LogP contribution in [0.2, 0.25) is 5.02 Å². The fourth-order valence-corrected chi connectivity index (χ4v) is 2.93. The van der Waals surface area contributed by atoms with Gasteiger partial charge in [-0.15, -0.1) is 0 Å². The van der Waals surface area contributed by atoms with Crippen molar-refractivity contribution in [3.8, 4) is 5.75 Å². The summed E-state index contributed by atoms with van der Waals surface area (Å²) in [6, 6.07) is 6.36. The molecular weight excluding hydrogens is 263 g/mol. The van der Waals surface area contributed by atoms with Crippen LogP contribution in [-0.4, -0.2) is 5.91 Å². The van der Waals surface area contributed by atoms with Gasteiger partial charge in [0.25, 0.3) is 5.91 Å². The van der Waals surface area contributed by atoms with Crippen molar-refractivity contribution in [1.82, 2.24) is 10.2 Å². The highest BCUT2D eigenvalue weighted by molar-refractivity contribution is 7.56. The van der Waals surface area contributed by atoms with Gasteiger partial charge in [0.2, 0.25) is 0 Å². The Labute approximate surface area is 103 Å². The molecule has 0 bridgehead atoms. The van der Waals surface area contributed by atoms with Gasteiger partial charge in [-0.25, -0.2) is 4.57 Å². The molecule has 1 aromatic carbocycles. The normalized spacial score (nSPS) is 23.4. The van der Waals surface area contributed by atoms with E-state index in [0.717, 1.165) is 0 Å². The lowest BCUT2D eigenvalue weighted by Crippen LogP contribution is -2.33. The lowest BCUT2D eigenvalue weighted by atomic mass is 10.3. The van der Waals surface area contributed by atoms with Crippen LogP contribution >= 0.6 is 19.3 Å². The van der Waals surface area contributed by atoms with Gasteiger partial charge in [0.1, 0.15) is 5.75 Å². The van der Waals surface area contributed by atoms with Crippen molar-refractivity contribution in [2.45, 2.75) is 6.92 Å². The molecule has 1 aliphatic heterocycles. The molecule has 1 atom stereocenters. The van der Waals surface area contributed by atoms with E-state index < -0.39 is 13.6 Å². The standard InChI is InChI=1S/C10H10ClN2O3P/c1-7-6-10(14)13-17(15,12-7)16-9-4-2-8(11)3-5-9/h2-6H,1H3,(H2,12,13,14,15)/t17-/m1/s1. The number of hydrogen-bond acceptors (Lipinski definition) is 3. The second-order valence-electron chi connectivity index (χ2n) is 3.51. The van der Waals surface area contributed by atoms with Crippen LogP contribution in [0.15, 0.2) is 36.0 Å². The average Bonchev–Trinajstić information content (AvgIpc) is 2.19. The summed E-state index contributed by atoms with van der Waals surface area (Å²) in [5.41, 5.74) is 0.492. The first-order valence-corrected chi connectivity index (χ1v) is 6.81. The number of amides is 1. The maximum atomic E-state index is 12.2. The van der Waals surface area contributed by atoms with Gasteiger partial charge in [-0.2, -0.15) is 0 Å². The number of rotatable bonds is 2. The predicted molar refractivity (Wildman–Crippen MR) is 64.7 cm³/mol. The van der Waals surface area contributed by atoms with Crippen LogP contribution in [0.5, 0.6) is 5.75 Å². The van der Waals surface area contributed by atoms with Crippen molar-refractivity contribution in [3.63, 3.8) is 0 Å². The molecule has 0 saturated carbocycles. The highest BCUT2D eigenvalue weighted by Crippen LogP contribution is 2.41. The largest absolute Gasteiger partial charge is 0.446 e. The minimum absolute atomic E-state index is 0.361. The quantitative estimate of drug-likeness (QED) is 0.812. The number of benzene rings is 1. The summed E-state index contributed by atoms with van der Waals surface area (Å²) in [6.45, 7) is 1.64. The third-order valence-corrected chi connectivity index (χ3v) is 3.86. The summed E-state index contributed by atoms with van der Waals surface area (Å²) in [6.07, 6.45) is 1.31. The molecule has 1 amide bonds. The molecule has 0 fully saturated rings. The number of hydrogen-bond donors (Lipinski definition) is 2. The van der Waals surface area contributed by atoms with E-state index in [0.29, 0.717) is 16.5 Å². The van der Waals surface area contributed by atoms with Crippen molar-refractivity contribution >= 4 is 25.2 Å². The molecule has 0 saturated heterocycles. The van der Waals surface area contributed by atoms with Crippen LogP contribution in [0.25, 0.3) is 0 Å². The van der Waals surface area contributed by atoms with Crippen LogP contribution in [0.3, 0.4) is 0 Å². The van der Waals surface area contributed by atoms with Crippen LogP contribution in [0, 0.1) is 0 Å². The van der Waals surface area contributed by atoms with E-state index in [4.69, 9.17) is 16.1 Å². The summed E-state index contributed by atoms with van der Waals surface area (Å²) in [7, 11) is -3.42. The van der Waals surface area contributed by atoms with Gasteiger partial charge in [0, 0.05) is 16.8 Å². The summed E-state index contributed by atoms with van der Waals surface area (Å²) in [5, 5.41) is 5.42. The number of allylic oxidation sites excluding steroid dienone is 1. The van der Waals surface area contributed by atoms with Crippen molar-refractivity contribution in [2.24, 2.45) is 0 Å². The van der Waals surface area contributed by atoms with Crippen LogP contribution in [0.4, 0.5) is 0 Å². The Morgan fingerprint density at radius 2 is 1.88 bits per heavy atom. The van der Waals surface area contributed by atoms with Gasteiger partial charge in [-0.3, -0.25) is 15.0 Å². The highest BCUT2D eigenvalue weighted by atomic mass is 35.5. The lowest BCUT2D eigenvalue weighted by molar-refractivity contribution is -0.115. The van der Waals surface area contributed by atoms with E-state index in [9.17, 15) is 9.36 Å². The number of carbonyl (C=O) groups excluding carboxylic acids is 1. The molecule has 0 aromatic heterocycles. The molecule has 17 heavy (non-hydrogen) atoms. The van der Waals surface area contributed by atoms with Gasteiger partial charge < -0.3 is 4.52 Å². The minimum Gasteiger partial charge on any atom is -0.414 e. The third kappa shape index (κ3) is 3.02. The monoisotopic (exact) mass is 272 g/mol. The molecule has 0 unspecified atom stereocenters. The van der Waals surface area contributed by atoms with E-state index in [-0.39, 0.29) is 0 Å². The van der Waals surface area contributed by atoms with Crippen molar-refractivity contribution in [3.05, 3.63) is 41.1 Å². The Balaban J connectivity index is 2.18. The fraction of sp³-hybridized carbons (Fsp3) is 0.100. The van der Waals surface area contributed by atoms with Crippen LogP contribution in [-0.2, 0) is 9.36 Å². The Kier molecular flexibility index (Phi) is 3.13. The smallest absolute Gasteiger partial charge is 0.414 e. The summed E-state index contributed by atoms with van der Waals surface area (Å²) >= 11 is 5.72. The predicted octanol–water partition coefficient (Wildman–Crippen LogP) is 2.45. The molecule has 1 heterocycles. The number of halogens is 1.